The van der Waals surface area contributed by atoms with Gasteiger partial charge in [0.15, 0.2) is 0 Å². The summed E-state index contributed by atoms with van der Waals surface area (Å²) < 4.78 is 13.4. The zero-order chi connectivity index (χ0) is 14.5. The number of nitro groups is 1. The molecule has 8 heteroatoms. The second kappa shape index (κ2) is 5.83. The molecule has 0 saturated heterocycles. The third-order valence-electron chi connectivity index (χ3n) is 2.48. The van der Waals surface area contributed by atoms with Gasteiger partial charge in [-0.3, -0.25) is 14.9 Å². The van der Waals surface area contributed by atoms with Gasteiger partial charge in [-0.15, -0.1) is 0 Å². The van der Waals surface area contributed by atoms with Crippen molar-refractivity contribution in [1.29, 1.82) is 0 Å². The number of hydrogen-bond acceptors (Lipinski definition) is 5. The molecule has 1 N–H and O–H groups in total. The smallest absolute Gasteiger partial charge is 0.304 e. The van der Waals surface area contributed by atoms with Crippen LogP contribution in [0.15, 0.2) is 36.8 Å². The zero-order valence-corrected chi connectivity index (χ0v) is 10.1. The van der Waals surface area contributed by atoms with Crippen molar-refractivity contribution in [2.24, 2.45) is 0 Å². The maximum atomic E-state index is 13.4. The molecule has 1 heterocycles. The van der Waals surface area contributed by atoms with Crippen LogP contribution in [0.3, 0.4) is 0 Å². The van der Waals surface area contributed by atoms with Crippen LogP contribution in [-0.4, -0.2) is 20.8 Å². The molecule has 0 spiro atoms. The van der Waals surface area contributed by atoms with Gasteiger partial charge in [0.05, 0.1) is 17.2 Å². The highest BCUT2D eigenvalue weighted by molar-refractivity contribution is 5.94. The molecule has 0 aliphatic heterocycles. The van der Waals surface area contributed by atoms with Crippen molar-refractivity contribution in [1.82, 2.24) is 15.3 Å². The molecule has 0 fully saturated rings. The molecule has 0 aliphatic rings. The standard InChI is InChI=1S/C12H9FN4O3/c13-10-5-8(1-2-11(10)17(19)20)12(18)15-6-9-3-4-14-7-16-9/h1-5,7H,6H2,(H,15,18). The lowest BCUT2D eigenvalue weighted by Gasteiger charge is -2.04. The van der Waals surface area contributed by atoms with Gasteiger partial charge in [0.25, 0.3) is 5.91 Å². The molecule has 0 unspecified atom stereocenters. The molecule has 20 heavy (non-hydrogen) atoms. The number of nitrogens with one attached hydrogen (secondary N) is 1. The molecular formula is C12H9FN4O3. The Bertz CT molecular complexity index is 648. The number of rotatable bonds is 4. The highest BCUT2D eigenvalue weighted by Gasteiger charge is 2.16. The van der Waals surface area contributed by atoms with Gasteiger partial charge in [0, 0.05) is 17.8 Å². The van der Waals surface area contributed by atoms with E-state index in [1.54, 1.807) is 6.07 Å². The first-order valence-electron chi connectivity index (χ1n) is 5.55. The van der Waals surface area contributed by atoms with Crippen LogP contribution in [-0.2, 0) is 6.54 Å². The lowest BCUT2D eigenvalue weighted by molar-refractivity contribution is -0.387. The van der Waals surface area contributed by atoms with E-state index in [4.69, 9.17) is 0 Å². The molecule has 1 amide bonds. The molecule has 0 saturated carbocycles. The fraction of sp³-hybridized carbons (Fsp3) is 0.0833. The minimum Gasteiger partial charge on any atom is -0.346 e. The summed E-state index contributed by atoms with van der Waals surface area (Å²) in [5.74, 6) is -1.60. The highest BCUT2D eigenvalue weighted by atomic mass is 19.1. The summed E-state index contributed by atoms with van der Waals surface area (Å²) in [6, 6.07) is 4.59. The Labute approximate surface area is 112 Å². The number of halogens is 1. The van der Waals surface area contributed by atoms with Crippen molar-refractivity contribution < 1.29 is 14.1 Å². The Morgan fingerprint density at radius 2 is 2.20 bits per heavy atom. The highest BCUT2D eigenvalue weighted by Crippen LogP contribution is 2.17. The maximum absolute atomic E-state index is 13.4. The number of amides is 1. The Hall–Kier alpha value is -2.90. The minimum absolute atomic E-state index is 0.00200. The molecule has 0 aliphatic carbocycles. The van der Waals surface area contributed by atoms with Crippen molar-refractivity contribution in [2.75, 3.05) is 0 Å². The van der Waals surface area contributed by atoms with Crippen LogP contribution >= 0.6 is 0 Å². The normalized spacial score (nSPS) is 10.1. The lowest BCUT2D eigenvalue weighted by atomic mass is 10.2. The van der Waals surface area contributed by atoms with E-state index >= 15 is 0 Å². The molecule has 2 rings (SSSR count). The van der Waals surface area contributed by atoms with Gasteiger partial charge in [-0.05, 0) is 18.2 Å². The summed E-state index contributed by atoms with van der Waals surface area (Å²) in [4.78, 5) is 29.0. The van der Waals surface area contributed by atoms with Crippen LogP contribution in [0.1, 0.15) is 16.1 Å². The molecule has 7 nitrogen and oxygen atoms in total. The van der Waals surface area contributed by atoms with Crippen LogP contribution in [0.25, 0.3) is 0 Å². The summed E-state index contributed by atoms with van der Waals surface area (Å²) in [5.41, 5.74) is -0.0739. The topological polar surface area (TPSA) is 98.0 Å². The Balaban J connectivity index is 2.06. The summed E-state index contributed by atoms with van der Waals surface area (Å²) >= 11 is 0. The molecule has 1 aromatic heterocycles. The first kappa shape index (κ1) is 13.5. The van der Waals surface area contributed by atoms with E-state index in [9.17, 15) is 19.3 Å². The van der Waals surface area contributed by atoms with Crippen molar-refractivity contribution in [2.45, 2.75) is 6.54 Å². The number of nitrogens with zero attached hydrogens (tertiary/aromatic N) is 3. The summed E-state index contributed by atoms with van der Waals surface area (Å²) in [7, 11) is 0. The predicted molar refractivity (Wildman–Crippen MR) is 66.3 cm³/mol. The molecule has 0 bridgehead atoms. The van der Waals surface area contributed by atoms with Crippen molar-refractivity contribution >= 4 is 11.6 Å². The lowest BCUT2D eigenvalue weighted by Crippen LogP contribution is -2.23. The van der Waals surface area contributed by atoms with Crippen molar-refractivity contribution in [3.63, 3.8) is 0 Å². The number of carbonyl (C=O) groups is 1. The average Bonchev–Trinajstić information content (AvgIpc) is 2.45. The van der Waals surface area contributed by atoms with E-state index < -0.39 is 22.3 Å². The Morgan fingerprint density at radius 3 is 2.80 bits per heavy atom. The predicted octanol–water partition coefficient (Wildman–Crippen LogP) is 1.45. The van der Waals surface area contributed by atoms with Gasteiger partial charge in [0.1, 0.15) is 6.33 Å². The van der Waals surface area contributed by atoms with Crippen LogP contribution in [0.5, 0.6) is 0 Å². The largest absolute Gasteiger partial charge is 0.346 e. The third-order valence-corrected chi connectivity index (χ3v) is 2.48. The first-order valence-corrected chi connectivity index (χ1v) is 5.55. The summed E-state index contributed by atoms with van der Waals surface area (Å²) in [6.45, 7) is 0.153. The summed E-state index contributed by atoms with van der Waals surface area (Å²) in [6.07, 6.45) is 2.87. The SMILES string of the molecule is O=C(NCc1ccncn1)c1ccc([N+](=O)[O-])c(F)c1. The number of aromatic nitrogens is 2. The van der Waals surface area contributed by atoms with Crippen LogP contribution in [0.4, 0.5) is 10.1 Å². The van der Waals surface area contributed by atoms with Gasteiger partial charge < -0.3 is 5.32 Å². The van der Waals surface area contributed by atoms with Crippen LogP contribution in [0.2, 0.25) is 0 Å². The van der Waals surface area contributed by atoms with E-state index in [1.807, 2.05) is 0 Å². The Kier molecular flexibility index (Phi) is 3.94. The van der Waals surface area contributed by atoms with Crippen molar-refractivity contribution in [3.8, 4) is 0 Å². The van der Waals surface area contributed by atoms with Gasteiger partial charge >= 0.3 is 5.69 Å². The number of carbonyl (C=O) groups excluding carboxylic acids is 1. The van der Waals surface area contributed by atoms with E-state index in [0.717, 1.165) is 12.1 Å². The fourth-order valence-electron chi connectivity index (χ4n) is 1.49. The quantitative estimate of drug-likeness (QED) is 0.673. The molecule has 0 radical (unpaired) electrons. The average molecular weight is 276 g/mol. The second-order valence-electron chi connectivity index (χ2n) is 3.81. The number of hydrogen-bond donors (Lipinski definition) is 1. The van der Waals surface area contributed by atoms with E-state index in [0.29, 0.717) is 5.69 Å². The van der Waals surface area contributed by atoms with Crippen molar-refractivity contribution in [3.05, 3.63) is 64.0 Å². The van der Waals surface area contributed by atoms with Gasteiger partial charge in [-0.2, -0.15) is 4.39 Å². The third kappa shape index (κ3) is 3.10. The molecule has 102 valence electrons. The summed E-state index contributed by atoms with van der Waals surface area (Å²) in [5, 5.41) is 13.0. The molecular weight excluding hydrogens is 267 g/mol. The second-order valence-corrected chi connectivity index (χ2v) is 3.81. The minimum atomic E-state index is -1.05. The van der Waals surface area contributed by atoms with Gasteiger partial charge in [-0.25, -0.2) is 9.97 Å². The Morgan fingerprint density at radius 1 is 1.40 bits per heavy atom. The van der Waals surface area contributed by atoms with Crippen LogP contribution < -0.4 is 5.32 Å². The van der Waals surface area contributed by atoms with Gasteiger partial charge in [0.2, 0.25) is 5.82 Å². The first-order chi connectivity index (χ1) is 9.58. The number of nitro benzene ring substituents is 1. The maximum Gasteiger partial charge on any atom is 0.304 e. The monoisotopic (exact) mass is 276 g/mol. The fourth-order valence-corrected chi connectivity index (χ4v) is 1.49. The number of benzene rings is 1. The molecule has 2 aromatic rings. The van der Waals surface area contributed by atoms with E-state index in [-0.39, 0.29) is 12.1 Å². The molecule has 1 aromatic carbocycles. The van der Waals surface area contributed by atoms with Gasteiger partial charge in [-0.1, -0.05) is 0 Å². The van der Waals surface area contributed by atoms with E-state index in [1.165, 1.54) is 18.6 Å². The van der Waals surface area contributed by atoms with Crippen LogP contribution in [0, 0.1) is 15.9 Å². The zero-order valence-electron chi connectivity index (χ0n) is 10.1. The van der Waals surface area contributed by atoms with E-state index in [2.05, 4.69) is 15.3 Å². The molecule has 0 atom stereocenters.